The number of rotatable bonds is 0. The first-order valence-corrected chi connectivity index (χ1v) is 3.88. The van der Waals surface area contributed by atoms with Crippen LogP contribution < -0.4 is 0 Å². The first kappa shape index (κ1) is 6.23. The van der Waals surface area contributed by atoms with Crippen molar-refractivity contribution in [2.45, 2.75) is 19.3 Å². The van der Waals surface area contributed by atoms with E-state index in [2.05, 4.69) is 0 Å². The van der Waals surface area contributed by atoms with Crippen molar-refractivity contribution in [3.05, 3.63) is 11.3 Å². The fourth-order valence-corrected chi connectivity index (χ4v) is 1.46. The average molecular weight is 140 g/mol. The molecule has 0 aromatic heterocycles. The van der Waals surface area contributed by atoms with Crippen LogP contribution in [0.15, 0.2) is 11.3 Å². The van der Waals surface area contributed by atoms with Crippen molar-refractivity contribution >= 4 is 0 Å². The lowest BCUT2D eigenvalue weighted by Crippen LogP contribution is -1.89. The summed E-state index contributed by atoms with van der Waals surface area (Å²) in [5.41, 5.74) is 1.40. The Labute approximate surface area is 60.8 Å². The zero-order chi connectivity index (χ0) is 6.81. The lowest BCUT2D eigenvalue weighted by molar-refractivity contribution is 0.201. The maximum atomic E-state index is 5.44. The van der Waals surface area contributed by atoms with Crippen LogP contribution in [0.4, 0.5) is 0 Å². The molecule has 0 aliphatic carbocycles. The maximum Gasteiger partial charge on any atom is 0.0976 e. The Bertz CT molecular complexity index is 127. The molecule has 0 radical (unpaired) electrons. The van der Waals surface area contributed by atoms with E-state index < -0.39 is 0 Å². The molecule has 2 saturated heterocycles. The predicted octanol–water partition coefficient (Wildman–Crippen LogP) is 1.47. The molecule has 2 heterocycles. The van der Waals surface area contributed by atoms with Crippen molar-refractivity contribution in [2.75, 3.05) is 19.8 Å². The van der Waals surface area contributed by atoms with Gasteiger partial charge in [0.1, 0.15) is 0 Å². The number of ether oxygens (including phenoxy) is 2. The summed E-state index contributed by atoms with van der Waals surface area (Å²) in [6.07, 6.45) is 3.42. The minimum absolute atomic E-state index is 0.815. The molecule has 2 rings (SSSR count). The van der Waals surface area contributed by atoms with Gasteiger partial charge in [0.2, 0.25) is 0 Å². The molecule has 2 aliphatic rings. The van der Waals surface area contributed by atoms with E-state index in [1.54, 1.807) is 0 Å². The molecular formula is C8H12O2. The number of hydrogen-bond donors (Lipinski definition) is 0. The Morgan fingerprint density at radius 2 is 2.10 bits per heavy atom. The Morgan fingerprint density at radius 1 is 1.10 bits per heavy atom. The van der Waals surface area contributed by atoms with Gasteiger partial charge in [-0.2, -0.15) is 0 Å². The van der Waals surface area contributed by atoms with Crippen LogP contribution in [0.2, 0.25) is 0 Å². The monoisotopic (exact) mass is 140 g/mol. The van der Waals surface area contributed by atoms with E-state index in [4.69, 9.17) is 9.47 Å². The predicted molar refractivity (Wildman–Crippen MR) is 37.6 cm³/mol. The molecular weight excluding hydrogens is 128 g/mol. The van der Waals surface area contributed by atoms with E-state index in [1.807, 2.05) is 0 Å². The quantitative estimate of drug-likeness (QED) is 0.507. The molecule has 56 valence electrons. The fourth-order valence-electron chi connectivity index (χ4n) is 1.46. The SMILES string of the molecule is C1CO/C(=C2\CCOC2)C1. The molecule has 2 heteroatoms. The van der Waals surface area contributed by atoms with Gasteiger partial charge in [-0.25, -0.2) is 0 Å². The molecule has 0 bridgehead atoms. The second-order valence-electron chi connectivity index (χ2n) is 2.78. The van der Waals surface area contributed by atoms with Gasteiger partial charge in [-0.1, -0.05) is 0 Å². The van der Waals surface area contributed by atoms with Gasteiger partial charge >= 0.3 is 0 Å². The lowest BCUT2D eigenvalue weighted by atomic mass is 10.1. The second-order valence-corrected chi connectivity index (χ2v) is 2.78. The Kier molecular flexibility index (Phi) is 1.63. The highest BCUT2D eigenvalue weighted by Crippen LogP contribution is 2.24. The Morgan fingerprint density at radius 3 is 2.70 bits per heavy atom. The average Bonchev–Trinajstić information content (AvgIpc) is 2.59. The van der Waals surface area contributed by atoms with Crippen molar-refractivity contribution in [3.63, 3.8) is 0 Å². The van der Waals surface area contributed by atoms with Gasteiger partial charge in [0.15, 0.2) is 0 Å². The topological polar surface area (TPSA) is 18.5 Å². The summed E-state index contributed by atoms with van der Waals surface area (Å²) < 4.78 is 10.7. The fraction of sp³-hybridized carbons (Fsp3) is 0.750. The van der Waals surface area contributed by atoms with E-state index in [0.29, 0.717) is 0 Å². The molecule has 2 nitrogen and oxygen atoms in total. The minimum Gasteiger partial charge on any atom is -0.498 e. The molecule has 2 fully saturated rings. The third-order valence-corrected chi connectivity index (χ3v) is 2.04. The Hall–Kier alpha value is -0.500. The molecule has 0 spiro atoms. The smallest absolute Gasteiger partial charge is 0.0976 e. The van der Waals surface area contributed by atoms with E-state index in [0.717, 1.165) is 32.7 Å². The number of allylic oxidation sites excluding steroid dienone is 1. The molecule has 0 saturated carbocycles. The van der Waals surface area contributed by atoms with Crippen LogP contribution >= 0.6 is 0 Å². The van der Waals surface area contributed by atoms with E-state index in [-0.39, 0.29) is 0 Å². The van der Waals surface area contributed by atoms with Crippen LogP contribution in [-0.4, -0.2) is 19.8 Å². The Balaban J connectivity index is 2.10. The van der Waals surface area contributed by atoms with Crippen LogP contribution in [0.5, 0.6) is 0 Å². The summed E-state index contributed by atoms with van der Waals surface area (Å²) in [7, 11) is 0. The third kappa shape index (κ3) is 1.03. The first-order chi connectivity index (χ1) is 4.97. The van der Waals surface area contributed by atoms with Gasteiger partial charge in [0, 0.05) is 6.42 Å². The lowest BCUT2D eigenvalue weighted by Gasteiger charge is -2.00. The highest BCUT2D eigenvalue weighted by atomic mass is 16.5. The van der Waals surface area contributed by atoms with Gasteiger partial charge in [-0.3, -0.25) is 0 Å². The van der Waals surface area contributed by atoms with Gasteiger partial charge in [-0.05, 0) is 18.4 Å². The minimum atomic E-state index is 0.815. The third-order valence-electron chi connectivity index (χ3n) is 2.04. The standard InChI is InChI=1S/C8H12O2/c1-2-8(10-4-1)7-3-5-9-6-7/h1-6H2/b8-7+. The molecule has 0 unspecified atom stereocenters. The number of hydrogen-bond acceptors (Lipinski definition) is 2. The zero-order valence-electron chi connectivity index (χ0n) is 6.06. The zero-order valence-corrected chi connectivity index (χ0v) is 6.06. The summed E-state index contributed by atoms with van der Waals surface area (Å²) >= 11 is 0. The highest BCUT2D eigenvalue weighted by molar-refractivity contribution is 5.13. The van der Waals surface area contributed by atoms with Crippen LogP contribution in [0.1, 0.15) is 19.3 Å². The molecule has 0 amide bonds. The molecule has 2 aliphatic heterocycles. The largest absolute Gasteiger partial charge is 0.498 e. The summed E-state index contributed by atoms with van der Waals surface area (Å²) in [5, 5.41) is 0. The van der Waals surface area contributed by atoms with Crippen molar-refractivity contribution < 1.29 is 9.47 Å². The van der Waals surface area contributed by atoms with Crippen LogP contribution in [0, 0.1) is 0 Å². The van der Waals surface area contributed by atoms with Gasteiger partial charge < -0.3 is 9.47 Å². The maximum absolute atomic E-state index is 5.44. The van der Waals surface area contributed by atoms with Crippen molar-refractivity contribution in [2.24, 2.45) is 0 Å². The highest BCUT2D eigenvalue weighted by Gasteiger charge is 2.17. The normalized spacial score (nSPS) is 32.8. The van der Waals surface area contributed by atoms with Gasteiger partial charge in [0.25, 0.3) is 0 Å². The van der Waals surface area contributed by atoms with E-state index in [1.165, 1.54) is 17.8 Å². The summed E-state index contributed by atoms with van der Waals surface area (Å²) in [6.45, 7) is 2.62. The van der Waals surface area contributed by atoms with Gasteiger partial charge in [-0.15, -0.1) is 0 Å². The van der Waals surface area contributed by atoms with Gasteiger partial charge in [0.05, 0.1) is 25.6 Å². The van der Waals surface area contributed by atoms with Crippen LogP contribution in [0.3, 0.4) is 0 Å². The molecule has 0 N–H and O–H groups in total. The molecule has 0 atom stereocenters. The van der Waals surface area contributed by atoms with Crippen molar-refractivity contribution in [1.82, 2.24) is 0 Å². The second kappa shape index (κ2) is 2.62. The summed E-state index contributed by atoms with van der Waals surface area (Å²) in [6, 6.07) is 0. The van der Waals surface area contributed by atoms with E-state index in [9.17, 15) is 0 Å². The van der Waals surface area contributed by atoms with Crippen LogP contribution in [0.25, 0.3) is 0 Å². The molecule has 10 heavy (non-hydrogen) atoms. The first-order valence-electron chi connectivity index (χ1n) is 3.88. The van der Waals surface area contributed by atoms with Crippen LogP contribution in [-0.2, 0) is 9.47 Å². The summed E-state index contributed by atoms with van der Waals surface area (Å²) in [4.78, 5) is 0. The van der Waals surface area contributed by atoms with E-state index >= 15 is 0 Å². The molecule has 0 aromatic carbocycles. The van der Waals surface area contributed by atoms with Crippen molar-refractivity contribution in [1.29, 1.82) is 0 Å². The van der Waals surface area contributed by atoms with Crippen molar-refractivity contribution in [3.8, 4) is 0 Å². The summed E-state index contributed by atoms with van der Waals surface area (Å²) in [5.74, 6) is 1.22. The molecule has 0 aromatic rings.